The van der Waals surface area contributed by atoms with Gasteiger partial charge in [-0.05, 0) is 43.8 Å². The Hall–Kier alpha value is -2.03. The Kier molecular flexibility index (Phi) is 6.76. The van der Waals surface area contributed by atoms with Crippen LogP contribution in [0.3, 0.4) is 0 Å². The van der Waals surface area contributed by atoms with Gasteiger partial charge in [-0.1, -0.05) is 0 Å². The first-order valence-electron chi connectivity index (χ1n) is 9.07. The van der Waals surface area contributed by atoms with Gasteiger partial charge in [-0.25, -0.2) is 0 Å². The van der Waals surface area contributed by atoms with Gasteiger partial charge < -0.3 is 14.2 Å². The molecule has 2 aliphatic rings. The van der Waals surface area contributed by atoms with Crippen LogP contribution in [-0.2, 0) is 9.53 Å². The van der Waals surface area contributed by atoms with E-state index < -0.39 is 0 Å². The third-order valence-electron chi connectivity index (χ3n) is 4.20. The highest BCUT2D eigenvalue weighted by Gasteiger charge is 2.36. The van der Waals surface area contributed by atoms with E-state index in [1.54, 1.807) is 12.1 Å². The van der Waals surface area contributed by atoms with Crippen LogP contribution in [0.4, 0.5) is 4.79 Å². The van der Waals surface area contributed by atoms with Crippen molar-refractivity contribution in [2.75, 3.05) is 46.2 Å². The first kappa shape index (κ1) is 19.7. The molecule has 2 amide bonds. The number of hydrogen-bond acceptors (Lipinski definition) is 7. The van der Waals surface area contributed by atoms with E-state index in [4.69, 9.17) is 14.2 Å². The summed E-state index contributed by atoms with van der Waals surface area (Å²) in [5.41, 5.74) is 0.747. The smallest absolute Gasteiger partial charge is 0.294 e. The van der Waals surface area contributed by atoms with Gasteiger partial charge in [-0.15, -0.1) is 0 Å². The van der Waals surface area contributed by atoms with Crippen molar-refractivity contribution in [1.29, 1.82) is 0 Å². The minimum atomic E-state index is -0.271. The molecular weight excluding hydrogens is 368 g/mol. The van der Waals surface area contributed by atoms with E-state index >= 15 is 0 Å². The van der Waals surface area contributed by atoms with Crippen LogP contribution in [0, 0.1) is 0 Å². The molecule has 0 atom stereocenters. The molecule has 2 saturated heterocycles. The SMILES string of the molecule is CCOc1ccc(/C=C2/SC(=O)N(CN3CCOCC3)C2=O)c(OCC)c1. The average molecular weight is 392 g/mol. The quantitative estimate of drug-likeness (QED) is 0.661. The minimum absolute atomic E-state index is 0.248. The average Bonchev–Trinajstić information content (AvgIpc) is 2.93. The monoisotopic (exact) mass is 392 g/mol. The summed E-state index contributed by atoms with van der Waals surface area (Å²) in [5.74, 6) is 1.06. The molecular formula is C19H24N2O5S. The molecule has 7 nitrogen and oxygen atoms in total. The Morgan fingerprint density at radius 3 is 2.59 bits per heavy atom. The van der Waals surface area contributed by atoms with Crippen LogP contribution in [0.2, 0.25) is 0 Å². The molecule has 27 heavy (non-hydrogen) atoms. The molecule has 2 fully saturated rings. The number of nitrogens with zero attached hydrogens (tertiary/aromatic N) is 2. The van der Waals surface area contributed by atoms with E-state index in [0.29, 0.717) is 62.6 Å². The minimum Gasteiger partial charge on any atom is -0.494 e. The fourth-order valence-electron chi connectivity index (χ4n) is 2.88. The summed E-state index contributed by atoms with van der Waals surface area (Å²) >= 11 is 0.960. The Bertz CT molecular complexity index is 731. The number of carbonyl (C=O) groups excluding carboxylic acids is 2. The Morgan fingerprint density at radius 2 is 1.89 bits per heavy atom. The maximum Gasteiger partial charge on any atom is 0.294 e. The number of thioether (sulfide) groups is 1. The number of imide groups is 1. The summed E-state index contributed by atoms with van der Waals surface area (Å²) in [6.45, 7) is 7.84. The maximum absolute atomic E-state index is 12.7. The molecule has 0 saturated carbocycles. The number of benzene rings is 1. The molecule has 1 aromatic rings. The molecule has 8 heteroatoms. The Balaban J connectivity index is 1.78. The van der Waals surface area contributed by atoms with Gasteiger partial charge in [0.05, 0.1) is 38.0 Å². The van der Waals surface area contributed by atoms with Gasteiger partial charge in [-0.3, -0.25) is 19.4 Å². The fraction of sp³-hybridized carbons (Fsp3) is 0.474. The highest BCUT2D eigenvalue weighted by atomic mass is 32.2. The molecule has 146 valence electrons. The second-order valence-electron chi connectivity index (χ2n) is 6.05. The van der Waals surface area contributed by atoms with Crippen LogP contribution in [-0.4, -0.2) is 67.1 Å². The second kappa shape index (κ2) is 9.25. The van der Waals surface area contributed by atoms with Gasteiger partial charge >= 0.3 is 0 Å². The zero-order chi connectivity index (χ0) is 19.2. The second-order valence-corrected chi connectivity index (χ2v) is 7.04. The predicted octanol–water partition coefficient (Wildman–Crippen LogP) is 2.81. The van der Waals surface area contributed by atoms with Crippen molar-refractivity contribution in [3.63, 3.8) is 0 Å². The van der Waals surface area contributed by atoms with E-state index in [2.05, 4.69) is 0 Å². The molecule has 2 heterocycles. The van der Waals surface area contributed by atoms with Crippen molar-refractivity contribution >= 4 is 29.0 Å². The van der Waals surface area contributed by atoms with Gasteiger partial charge in [0, 0.05) is 24.7 Å². The van der Waals surface area contributed by atoms with Crippen LogP contribution >= 0.6 is 11.8 Å². The third kappa shape index (κ3) is 4.82. The number of hydrogen-bond donors (Lipinski definition) is 0. The summed E-state index contributed by atoms with van der Waals surface area (Å²) in [6.07, 6.45) is 1.71. The zero-order valence-electron chi connectivity index (χ0n) is 15.6. The molecule has 0 spiro atoms. The lowest BCUT2D eigenvalue weighted by Crippen LogP contribution is -2.45. The molecule has 0 radical (unpaired) electrons. The molecule has 3 rings (SSSR count). The zero-order valence-corrected chi connectivity index (χ0v) is 16.4. The van der Waals surface area contributed by atoms with Crippen molar-refractivity contribution < 1.29 is 23.8 Å². The van der Waals surface area contributed by atoms with Crippen LogP contribution < -0.4 is 9.47 Å². The summed E-state index contributed by atoms with van der Waals surface area (Å²) in [4.78, 5) is 28.8. The maximum atomic E-state index is 12.7. The summed E-state index contributed by atoms with van der Waals surface area (Å²) in [7, 11) is 0. The number of rotatable bonds is 7. The third-order valence-corrected chi connectivity index (χ3v) is 5.11. The van der Waals surface area contributed by atoms with Crippen molar-refractivity contribution in [2.24, 2.45) is 0 Å². The van der Waals surface area contributed by atoms with Crippen LogP contribution in [0.1, 0.15) is 19.4 Å². The molecule has 2 aliphatic heterocycles. The van der Waals surface area contributed by atoms with E-state index in [0.717, 1.165) is 17.3 Å². The highest BCUT2D eigenvalue weighted by Crippen LogP contribution is 2.35. The van der Waals surface area contributed by atoms with Crippen molar-refractivity contribution in [3.05, 3.63) is 28.7 Å². The first-order chi connectivity index (χ1) is 13.1. The summed E-state index contributed by atoms with van der Waals surface area (Å²) in [6, 6.07) is 5.47. The molecule has 0 N–H and O–H groups in total. The molecule has 1 aromatic carbocycles. The number of amides is 2. The molecule has 0 unspecified atom stereocenters. The van der Waals surface area contributed by atoms with Crippen molar-refractivity contribution in [1.82, 2.24) is 9.80 Å². The lowest BCUT2D eigenvalue weighted by atomic mass is 10.1. The Labute approximate surface area is 163 Å². The van der Waals surface area contributed by atoms with E-state index in [1.165, 1.54) is 4.90 Å². The predicted molar refractivity (Wildman–Crippen MR) is 104 cm³/mol. The van der Waals surface area contributed by atoms with Gasteiger partial charge in [-0.2, -0.15) is 0 Å². The van der Waals surface area contributed by atoms with Crippen molar-refractivity contribution in [2.45, 2.75) is 13.8 Å². The molecule has 0 aliphatic carbocycles. The van der Waals surface area contributed by atoms with Crippen molar-refractivity contribution in [3.8, 4) is 11.5 Å². The van der Waals surface area contributed by atoms with Crippen LogP contribution in [0.5, 0.6) is 11.5 Å². The topological polar surface area (TPSA) is 68.3 Å². The first-order valence-corrected chi connectivity index (χ1v) is 9.89. The number of morpholine rings is 1. The lowest BCUT2D eigenvalue weighted by Gasteiger charge is -2.29. The normalized spacial score (nSPS) is 19.8. The van der Waals surface area contributed by atoms with Gasteiger partial charge in [0.1, 0.15) is 11.5 Å². The summed E-state index contributed by atoms with van der Waals surface area (Å²) in [5, 5.41) is -0.248. The Morgan fingerprint density at radius 1 is 1.15 bits per heavy atom. The number of ether oxygens (including phenoxy) is 3. The fourth-order valence-corrected chi connectivity index (χ4v) is 3.70. The van der Waals surface area contributed by atoms with Crippen LogP contribution in [0.15, 0.2) is 23.1 Å². The van der Waals surface area contributed by atoms with Crippen LogP contribution in [0.25, 0.3) is 6.08 Å². The largest absolute Gasteiger partial charge is 0.494 e. The van der Waals surface area contributed by atoms with E-state index in [9.17, 15) is 9.59 Å². The number of carbonyl (C=O) groups is 2. The molecule has 0 aromatic heterocycles. The highest BCUT2D eigenvalue weighted by molar-refractivity contribution is 8.18. The van der Waals surface area contributed by atoms with Gasteiger partial charge in [0.2, 0.25) is 0 Å². The van der Waals surface area contributed by atoms with E-state index in [1.807, 2.05) is 30.9 Å². The standard InChI is InChI=1S/C19H24N2O5S/c1-3-25-15-6-5-14(16(12-15)26-4-2)11-17-18(22)21(19(23)27-17)13-20-7-9-24-10-8-20/h5-6,11-12H,3-4,7-10,13H2,1-2H3/b17-11+. The molecule has 0 bridgehead atoms. The van der Waals surface area contributed by atoms with Gasteiger partial charge in [0.15, 0.2) is 0 Å². The van der Waals surface area contributed by atoms with E-state index in [-0.39, 0.29) is 11.1 Å². The summed E-state index contributed by atoms with van der Waals surface area (Å²) < 4.78 is 16.5. The lowest BCUT2D eigenvalue weighted by molar-refractivity contribution is -0.125. The van der Waals surface area contributed by atoms with Gasteiger partial charge in [0.25, 0.3) is 11.1 Å².